The van der Waals surface area contributed by atoms with Gasteiger partial charge in [-0.2, -0.15) is 0 Å². The summed E-state index contributed by atoms with van der Waals surface area (Å²) in [7, 11) is 0. The molecule has 0 aliphatic heterocycles. The molecule has 0 unspecified atom stereocenters. The molecule has 0 fully saturated rings. The molecule has 84 valence electrons. The summed E-state index contributed by atoms with van der Waals surface area (Å²) in [5, 5.41) is 0.577. The summed E-state index contributed by atoms with van der Waals surface area (Å²) in [5.41, 5.74) is 1.23. The van der Waals surface area contributed by atoms with E-state index in [9.17, 15) is 0 Å². The van der Waals surface area contributed by atoms with Crippen molar-refractivity contribution in [3.05, 3.63) is 29.0 Å². The van der Waals surface area contributed by atoms with Crippen molar-refractivity contribution in [2.45, 2.75) is 27.3 Å². The fraction of sp³-hybridized carbons (Fsp3) is 0.583. The average Bonchev–Trinajstić information content (AvgIpc) is 2.16. The average molecular weight is 227 g/mol. The first kappa shape index (κ1) is 12.5. The Kier molecular flexibility index (Phi) is 5.06. The fourth-order valence-corrected chi connectivity index (χ4v) is 1.82. The van der Waals surface area contributed by atoms with Gasteiger partial charge in [0.15, 0.2) is 0 Å². The summed E-state index contributed by atoms with van der Waals surface area (Å²) in [6.07, 6.45) is 1.76. The molecule has 0 amide bonds. The van der Waals surface area contributed by atoms with E-state index in [-0.39, 0.29) is 0 Å². The molecule has 1 rings (SSSR count). The third kappa shape index (κ3) is 4.63. The zero-order valence-corrected chi connectivity index (χ0v) is 10.5. The lowest BCUT2D eigenvalue weighted by atomic mass is 10.2. The Labute approximate surface area is 97.3 Å². The zero-order chi connectivity index (χ0) is 11.3. The molecular formula is C12H19ClN2. The molecule has 0 N–H and O–H groups in total. The van der Waals surface area contributed by atoms with Gasteiger partial charge in [0.25, 0.3) is 0 Å². The van der Waals surface area contributed by atoms with Crippen LogP contribution in [0.25, 0.3) is 0 Å². The maximum Gasteiger partial charge on any atom is 0.129 e. The number of aromatic nitrogens is 1. The zero-order valence-electron chi connectivity index (χ0n) is 9.70. The molecule has 0 spiro atoms. The van der Waals surface area contributed by atoms with Crippen molar-refractivity contribution in [2.75, 3.05) is 13.1 Å². The summed E-state index contributed by atoms with van der Waals surface area (Å²) in [5.74, 6) is 0.697. The highest BCUT2D eigenvalue weighted by atomic mass is 35.5. The monoisotopic (exact) mass is 226 g/mol. The van der Waals surface area contributed by atoms with Gasteiger partial charge in [0.2, 0.25) is 0 Å². The van der Waals surface area contributed by atoms with Crippen molar-refractivity contribution >= 4 is 11.6 Å². The van der Waals surface area contributed by atoms with Crippen molar-refractivity contribution in [3.8, 4) is 0 Å². The Hall–Kier alpha value is -0.600. The van der Waals surface area contributed by atoms with E-state index in [0.717, 1.165) is 19.6 Å². The van der Waals surface area contributed by atoms with Gasteiger partial charge in [0.1, 0.15) is 5.15 Å². The molecule has 15 heavy (non-hydrogen) atoms. The molecule has 0 saturated carbocycles. The van der Waals surface area contributed by atoms with Crippen LogP contribution in [0.2, 0.25) is 5.15 Å². The second-order valence-electron chi connectivity index (χ2n) is 4.21. The van der Waals surface area contributed by atoms with E-state index in [1.807, 2.05) is 12.1 Å². The van der Waals surface area contributed by atoms with Crippen LogP contribution < -0.4 is 0 Å². The van der Waals surface area contributed by atoms with Crippen molar-refractivity contribution < 1.29 is 0 Å². The summed E-state index contributed by atoms with van der Waals surface area (Å²) < 4.78 is 0. The molecule has 0 radical (unpaired) electrons. The normalized spacial score (nSPS) is 11.3. The maximum absolute atomic E-state index is 5.85. The molecule has 3 heteroatoms. The van der Waals surface area contributed by atoms with E-state index < -0.39 is 0 Å². The van der Waals surface area contributed by atoms with Crippen LogP contribution in [0.15, 0.2) is 18.3 Å². The van der Waals surface area contributed by atoms with Crippen LogP contribution in [-0.2, 0) is 6.54 Å². The van der Waals surface area contributed by atoms with E-state index in [1.54, 1.807) is 6.20 Å². The molecule has 0 bridgehead atoms. The largest absolute Gasteiger partial charge is 0.299 e. The van der Waals surface area contributed by atoms with Gasteiger partial charge in [-0.05, 0) is 30.2 Å². The third-order valence-electron chi connectivity index (χ3n) is 2.27. The Morgan fingerprint density at radius 2 is 2.20 bits per heavy atom. The van der Waals surface area contributed by atoms with E-state index in [0.29, 0.717) is 11.1 Å². The second-order valence-corrected chi connectivity index (χ2v) is 4.60. The standard InChI is InChI=1S/C12H19ClN2/c1-4-15(8-10(2)3)9-11-5-6-14-12(13)7-11/h5-7,10H,4,8-9H2,1-3H3. The minimum Gasteiger partial charge on any atom is -0.299 e. The lowest BCUT2D eigenvalue weighted by Crippen LogP contribution is -2.27. The lowest BCUT2D eigenvalue weighted by molar-refractivity contribution is 0.248. The first-order valence-electron chi connectivity index (χ1n) is 5.44. The summed E-state index contributed by atoms with van der Waals surface area (Å²) in [6, 6.07) is 3.96. The minimum absolute atomic E-state index is 0.577. The van der Waals surface area contributed by atoms with E-state index in [1.165, 1.54) is 5.56 Å². The van der Waals surface area contributed by atoms with Crippen molar-refractivity contribution in [2.24, 2.45) is 5.92 Å². The quantitative estimate of drug-likeness (QED) is 0.717. The van der Waals surface area contributed by atoms with Gasteiger partial charge in [-0.15, -0.1) is 0 Å². The SMILES string of the molecule is CCN(Cc1ccnc(Cl)c1)CC(C)C. The molecule has 1 aromatic rings. The van der Waals surface area contributed by atoms with Gasteiger partial charge in [0.05, 0.1) is 0 Å². The highest BCUT2D eigenvalue weighted by Crippen LogP contribution is 2.10. The number of nitrogens with zero attached hydrogens (tertiary/aromatic N) is 2. The van der Waals surface area contributed by atoms with Gasteiger partial charge in [-0.3, -0.25) is 4.90 Å². The van der Waals surface area contributed by atoms with E-state index >= 15 is 0 Å². The van der Waals surface area contributed by atoms with E-state index in [2.05, 4.69) is 30.7 Å². The number of halogens is 1. The van der Waals surface area contributed by atoms with Crippen LogP contribution in [0.3, 0.4) is 0 Å². The summed E-state index contributed by atoms with van der Waals surface area (Å²) >= 11 is 5.85. The molecular weight excluding hydrogens is 208 g/mol. The molecule has 0 aliphatic carbocycles. The van der Waals surface area contributed by atoms with Crippen LogP contribution in [0.1, 0.15) is 26.3 Å². The Morgan fingerprint density at radius 1 is 1.47 bits per heavy atom. The van der Waals surface area contributed by atoms with Crippen LogP contribution >= 0.6 is 11.6 Å². The fourth-order valence-electron chi connectivity index (χ4n) is 1.62. The van der Waals surface area contributed by atoms with E-state index in [4.69, 9.17) is 11.6 Å². The third-order valence-corrected chi connectivity index (χ3v) is 2.47. The maximum atomic E-state index is 5.85. The summed E-state index contributed by atoms with van der Waals surface area (Å²) in [6.45, 7) is 9.81. The predicted octanol–water partition coefficient (Wildman–Crippen LogP) is 3.21. The van der Waals surface area contributed by atoms with Gasteiger partial charge >= 0.3 is 0 Å². The van der Waals surface area contributed by atoms with Crippen LogP contribution in [-0.4, -0.2) is 23.0 Å². The molecule has 1 heterocycles. The highest BCUT2D eigenvalue weighted by Gasteiger charge is 2.06. The lowest BCUT2D eigenvalue weighted by Gasteiger charge is -2.22. The molecule has 1 aromatic heterocycles. The summed E-state index contributed by atoms with van der Waals surface area (Å²) in [4.78, 5) is 6.39. The topological polar surface area (TPSA) is 16.1 Å². The molecule has 0 atom stereocenters. The number of pyridine rings is 1. The van der Waals surface area contributed by atoms with Gasteiger partial charge < -0.3 is 0 Å². The first-order valence-corrected chi connectivity index (χ1v) is 5.82. The molecule has 0 aromatic carbocycles. The first-order chi connectivity index (χ1) is 7.11. The Bertz CT molecular complexity index is 299. The van der Waals surface area contributed by atoms with Gasteiger partial charge in [-0.25, -0.2) is 4.98 Å². The van der Waals surface area contributed by atoms with Crippen molar-refractivity contribution in [1.29, 1.82) is 0 Å². The Balaban J connectivity index is 2.58. The van der Waals surface area contributed by atoms with Crippen molar-refractivity contribution in [3.63, 3.8) is 0 Å². The second kappa shape index (κ2) is 6.09. The number of hydrogen-bond donors (Lipinski definition) is 0. The highest BCUT2D eigenvalue weighted by molar-refractivity contribution is 6.29. The Morgan fingerprint density at radius 3 is 2.73 bits per heavy atom. The molecule has 2 nitrogen and oxygen atoms in total. The van der Waals surface area contributed by atoms with Crippen LogP contribution in [0, 0.1) is 5.92 Å². The molecule has 0 aliphatic rings. The number of rotatable bonds is 5. The smallest absolute Gasteiger partial charge is 0.129 e. The van der Waals surface area contributed by atoms with Crippen molar-refractivity contribution in [1.82, 2.24) is 9.88 Å². The van der Waals surface area contributed by atoms with Crippen LogP contribution in [0.5, 0.6) is 0 Å². The predicted molar refractivity (Wildman–Crippen MR) is 65.0 cm³/mol. The minimum atomic E-state index is 0.577. The van der Waals surface area contributed by atoms with Gasteiger partial charge in [-0.1, -0.05) is 32.4 Å². The van der Waals surface area contributed by atoms with Gasteiger partial charge in [0, 0.05) is 19.3 Å². The van der Waals surface area contributed by atoms with Crippen LogP contribution in [0.4, 0.5) is 0 Å². The number of hydrogen-bond acceptors (Lipinski definition) is 2. The molecule has 0 saturated heterocycles.